The molecule has 0 aromatic heterocycles. The molecular weight excluding hydrogens is 195 g/mol. The molecule has 1 unspecified atom stereocenters. The SMILES string of the molecule is CCNC(C(N)=O)c1ccc(F)cc1C. The first-order valence-corrected chi connectivity index (χ1v) is 4.85. The van der Waals surface area contributed by atoms with E-state index in [0.29, 0.717) is 6.54 Å². The minimum atomic E-state index is -0.546. The maximum absolute atomic E-state index is 12.9. The van der Waals surface area contributed by atoms with Gasteiger partial charge in [0.1, 0.15) is 11.9 Å². The molecule has 1 amide bonds. The number of amides is 1. The zero-order valence-electron chi connectivity index (χ0n) is 8.88. The van der Waals surface area contributed by atoms with Crippen LogP contribution < -0.4 is 11.1 Å². The Morgan fingerprint density at radius 3 is 2.73 bits per heavy atom. The molecule has 3 nitrogen and oxygen atoms in total. The summed E-state index contributed by atoms with van der Waals surface area (Å²) in [6, 6.07) is 3.76. The second kappa shape index (κ2) is 4.89. The van der Waals surface area contributed by atoms with Crippen LogP contribution in [0, 0.1) is 12.7 Å². The van der Waals surface area contributed by atoms with E-state index in [0.717, 1.165) is 11.1 Å². The summed E-state index contributed by atoms with van der Waals surface area (Å²) >= 11 is 0. The van der Waals surface area contributed by atoms with Crippen molar-refractivity contribution in [1.82, 2.24) is 5.32 Å². The number of aryl methyl sites for hydroxylation is 1. The maximum atomic E-state index is 12.9. The normalized spacial score (nSPS) is 12.5. The molecule has 0 saturated carbocycles. The van der Waals surface area contributed by atoms with E-state index in [-0.39, 0.29) is 5.82 Å². The van der Waals surface area contributed by atoms with E-state index >= 15 is 0 Å². The summed E-state index contributed by atoms with van der Waals surface area (Å²) in [5.41, 5.74) is 6.72. The van der Waals surface area contributed by atoms with Crippen LogP contribution in [0.1, 0.15) is 24.1 Å². The fourth-order valence-electron chi connectivity index (χ4n) is 1.53. The van der Waals surface area contributed by atoms with E-state index in [1.807, 2.05) is 6.92 Å². The number of carbonyl (C=O) groups excluding carboxylic acids is 1. The minimum Gasteiger partial charge on any atom is -0.368 e. The van der Waals surface area contributed by atoms with Gasteiger partial charge in [-0.15, -0.1) is 0 Å². The molecule has 82 valence electrons. The van der Waals surface area contributed by atoms with Gasteiger partial charge in [-0.3, -0.25) is 4.79 Å². The van der Waals surface area contributed by atoms with Crippen LogP contribution in [0.4, 0.5) is 4.39 Å². The molecule has 1 aromatic rings. The molecule has 0 spiro atoms. The van der Waals surface area contributed by atoms with E-state index in [9.17, 15) is 9.18 Å². The molecule has 1 aromatic carbocycles. The lowest BCUT2D eigenvalue weighted by molar-refractivity contribution is -0.120. The maximum Gasteiger partial charge on any atom is 0.239 e. The highest BCUT2D eigenvalue weighted by atomic mass is 19.1. The molecule has 0 saturated heterocycles. The van der Waals surface area contributed by atoms with Crippen molar-refractivity contribution < 1.29 is 9.18 Å². The summed E-state index contributed by atoms with van der Waals surface area (Å²) in [6.07, 6.45) is 0. The van der Waals surface area contributed by atoms with Crippen LogP contribution in [-0.4, -0.2) is 12.5 Å². The van der Waals surface area contributed by atoms with E-state index in [2.05, 4.69) is 5.32 Å². The van der Waals surface area contributed by atoms with Crippen molar-refractivity contribution in [2.45, 2.75) is 19.9 Å². The Kier molecular flexibility index (Phi) is 3.80. The van der Waals surface area contributed by atoms with Gasteiger partial charge in [0.2, 0.25) is 5.91 Å². The Balaban J connectivity index is 3.05. The van der Waals surface area contributed by atoms with Gasteiger partial charge in [-0.25, -0.2) is 4.39 Å². The van der Waals surface area contributed by atoms with Gasteiger partial charge in [0.25, 0.3) is 0 Å². The molecule has 4 heteroatoms. The molecule has 1 rings (SSSR count). The van der Waals surface area contributed by atoms with Crippen LogP contribution in [0.2, 0.25) is 0 Å². The zero-order chi connectivity index (χ0) is 11.4. The second-order valence-electron chi connectivity index (χ2n) is 3.39. The number of primary amides is 1. The number of hydrogen-bond donors (Lipinski definition) is 2. The minimum absolute atomic E-state index is 0.309. The molecule has 0 aliphatic heterocycles. The molecule has 3 N–H and O–H groups in total. The predicted molar refractivity (Wildman–Crippen MR) is 56.7 cm³/mol. The highest BCUT2D eigenvalue weighted by Gasteiger charge is 2.18. The van der Waals surface area contributed by atoms with Gasteiger partial charge in [-0.1, -0.05) is 13.0 Å². The lowest BCUT2D eigenvalue weighted by Gasteiger charge is -2.16. The first-order chi connectivity index (χ1) is 7.06. The first-order valence-electron chi connectivity index (χ1n) is 4.85. The van der Waals surface area contributed by atoms with Gasteiger partial charge >= 0.3 is 0 Å². The van der Waals surface area contributed by atoms with E-state index < -0.39 is 11.9 Å². The Labute approximate surface area is 88.5 Å². The zero-order valence-corrected chi connectivity index (χ0v) is 8.88. The number of rotatable bonds is 4. The highest BCUT2D eigenvalue weighted by molar-refractivity contribution is 5.81. The van der Waals surface area contributed by atoms with Crippen molar-refractivity contribution in [3.8, 4) is 0 Å². The molecule has 0 radical (unpaired) electrons. The third-order valence-corrected chi connectivity index (χ3v) is 2.24. The van der Waals surface area contributed by atoms with E-state index in [1.54, 1.807) is 13.0 Å². The molecule has 0 bridgehead atoms. The van der Waals surface area contributed by atoms with Crippen LogP contribution >= 0.6 is 0 Å². The molecule has 0 heterocycles. The van der Waals surface area contributed by atoms with Crippen LogP contribution in [0.25, 0.3) is 0 Å². The summed E-state index contributed by atoms with van der Waals surface area (Å²) in [4.78, 5) is 11.2. The topological polar surface area (TPSA) is 55.1 Å². The summed E-state index contributed by atoms with van der Waals surface area (Å²) < 4.78 is 12.9. The molecule has 0 fully saturated rings. The number of carbonyl (C=O) groups is 1. The first kappa shape index (κ1) is 11.7. The van der Waals surface area contributed by atoms with Crippen molar-refractivity contribution in [2.24, 2.45) is 5.73 Å². The van der Waals surface area contributed by atoms with Gasteiger partial charge in [0, 0.05) is 0 Å². The van der Waals surface area contributed by atoms with Crippen LogP contribution in [0.3, 0.4) is 0 Å². The van der Waals surface area contributed by atoms with Gasteiger partial charge in [-0.05, 0) is 36.7 Å². The van der Waals surface area contributed by atoms with Gasteiger partial charge < -0.3 is 11.1 Å². The average molecular weight is 210 g/mol. The largest absolute Gasteiger partial charge is 0.368 e. The lowest BCUT2D eigenvalue weighted by atomic mass is 10.0. The average Bonchev–Trinajstić information content (AvgIpc) is 2.15. The van der Waals surface area contributed by atoms with E-state index in [1.165, 1.54) is 12.1 Å². The van der Waals surface area contributed by atoms with Crippen molar-refractivity contribution in [3.63, 3.8) is 0 Å². The molecule has 0 aliphatic rings. The Bertz CT molecular complexity index is 366. The van der Waals surface area contributed by atoms with Crippen molar-refractivity contribution >= 4 is 5.91 Å². The number of halogens is 1. The van der Waals surface area contributed by atoms with Crippen LogP contribution in [-0.2, 0) is 4.79 Å². The number of nitrogens with one attached hydrogen (secondary N) is 1. The Morgan fingerprint density at radius 1 is 1.60 bits per heavy atom. The Morgan fingerprint density at radius 2 is 2.27 bits per heavy atom. The van der Waals surface area contributed by atoms with Gasteiger partial charge in [-0.2, -0.15) is 0 Å². The third-order valence-electron chi connectivity index (χ3n) is 2.24. The molecule has 15 heavy (non-hydrogen) atoms. The fourth-order valence-corrected chi connectivity index (χ4v) is 1.53. The smallest absolute Gasteiger partial charge is 0.239 e. The van der Waals surface area contributed by atoms with Crippen molar-refractivity contribution in [2.75, 3.05) is 6.54 Å². The molecule has 0 aliphatic carbocycles. The second-order valence-corrected chi connectivity index (χ2v) is 3.39. The number of benzene rings is 1. The predicted octanol–water partition coefficient (Wildman–Crippen LogP) is 1.27. The molecular formula is C11H15FN2O. The number of likely N-dealkylation sites (N-methyl/N-ethyl adjacent to an activating group) is 1. The number of nitrogens with two attached hydrogens (primary N) is 1. The summed E-state index contributed by atoms with van der Waals surface area (Å²) in [5, 5.41) is 2.96. The monoisotopic (exact) mass is 210 g/mol. The van der Waals surface area contributed by atoms with Crippen molar-refractivity contribution in [3.05, 3.63) is 35.1 Å². The van der Waals surface area contributed by atoms with Crippen molar-refractivity contribution in [1.29, 1.82) is 0 Å². The quantitative estimate of drug-likeness (QED) is 0.786. The fraction of sp³-hybridized carbons (Fsp3) is 0.364. The van der Waals surface area contributed by atoms with Gasteiger partial charge in [0.05, 0.1) is 0 Å². The summed E-state index contributed by atoms with van der Waals surface area (Å²) in [5.74, 6) is -0.762. The van der Waals surface area contributed by atoms with Crippen LogP contribution in [0.15, 0.2) is 18.2 Å². The summed E-state index contributed by atoms with van der Waals surface area (Å²) in [7, 11) is 0. The Hall–Kier alpha value is -1.42. The third kappa shape index (κ3) is 2.76. The van der Waals surface area contributed by atoms with Gasteiger partial charge in [0.15, 0.2) is 0 Å². The lowest BCUT2D eigenvalue weighted by Crippen LogP contribution is -2.33. The standard InChI is InChI=1S/C11H15FN2O/c1-3-14-10(11(13)15)9-5-4-8(12)6-7(9)2/h4-6,10,14H,3H2,1-2H3,(H2,13,15). The molecule has 1 atom stereocenters. The highest BCUT2D eigenvalue weighted by Crippen LogP contribution is 2.18. The van der Waals surface area contributed by atoms with E-state index in [4.69, 9.17) is 5.73 Å². The van der Waals surface area contributed by atoms with Crippen LogP contribution in [0.5, 0.6) is 0 Å². The number of hydrogen-bond acceptors (Lipinski definition) is 2. The summed E-state index contributed by atoms with van der Waals surface area (Å²) in [6.45, 7) is 4.27.